The number of hydrogen-bond acceptors (Lipinski definition) is 6. The average molecular weight is 447 g/mol. The smallest absolute Gasteiger partial charge is 0.296 e. The Morgan fingerprint density at radius 3 is 2.23 bits per heavy atom. The van der Waals surface area contributed by atoms with Gasteiger partial charge in [0.25, 0.3) is 10.1 Å². The lowest BCUT2D eigenvalue weighted by Crippen LogP contribution is -2.44. The fourth-order valence-electron chi connectivity index (χ4n) is 3.52. The molecular weight excluding hydrogens is 412 g/mol. The summed E-state index contributed by atoms with van der Waals surface area (Å²) in [6.07, 6.45) is 2.73. The molecule has 0 saturated carbocycles. The van der Waals surface area contributed by atoms with Crippen LogP contribution in [0.25, 0.3) is 0 Å². The van der Waals surface area contributed by atoms with Crippen molar-refractivity contribution in [1.29, 1.82) is 0 Å². The van der Waals surface area contributed by atoms with E-state index < -0.39 is 10.1 Å². The summed E-state index contributed by atoms with van der Waals surface area (Å²) in [7, 11) is -1.53. The summed E-state index contributed by atoms with van der Waals surface area (Å²) in [5, 5.41) is 0. The van der Waals surface area contributed by atoms with E-state index in [9.17, 15) is 8.42 Å². The van der Waals surface area contributed by atoms with Crippen LogP contribution in [-0.4, -0.2) is 71.2 Å². The first kappa shape index (κ1) is 23.7. The summed E-state index contributed by atoms with van der Waals surface area (Å²) in [4.78, 5) is 5.10. The van der Waals surface area contributed by atoms with Crippen LogP contribution in [0, 0.1) is 6.92 Å². The second-order valence-electron chi connectivity index (χ2n) is 8.18. The van der Waals surface area contributed by atoms with Crippen molar-refractivity contribution in [3.8, 4) is 5.75 Å². The molecule has 0 bridgehead atoms. The van der Waals surface area contributed by atoms with Crippen LogP contribution >= 0.6 is 0 Å². The number of aryl methyl sites for hydroxylation is 2. The van der Waals surface area contributed by atoms with Crippen molar-refractivity contribution < 1.29 is 17.3 Å². The minimum Gasteiger partial charge on any atom is -0.494 e. The Balaban J connectivity index is 1.31. The van der Waals surface area contributed by atoms with E-state index in [-0.39, 0.29) is 11.5 Å². The van der Waals surface area contributed by atoms with Crippen molar-refractivity contribution in [2.75, 3.05) is 53.0 Å². The van der Waals surface area contributed by atoms with Gasteiger partial charge in [0.2, 0.25) is 0 Å². The number of rotatable bonds is 11. The lowest BCUT2D eigenvalue weighted by atomic mass is 10.1. The summed E-state index contributed by atoms with van der Waals surface area (Å²) in [6.45, 7) is 8.22. The molecule has 1 aliphatic rings. The van der Waals surface area contributed by atoms with E-state index in [2.05, 4.69) is 29.0 Å². The Bertz CT molecular complexity index is 890. The maximum absolute atomic E-state index is 12.1. The van der Waals surface area contributed by atoms with Gasteiger partial charge in [-0.2, -0.15) is 8.42 Å². The zero-order valence-electron chi connectivity index (χ0n) is 18.6. The number of likely N-dealkylation sites (N-methyl/N-ethyl adjacent to an activating group) is 1. The normalized spacial score (nSPS) is 15.8. The van der Waals surface area contributed by atoms with Gasteiger partial charge in [-0.15, -0.1) is 0 Å². The predicted molar refractivity (Wildman–Crippen MR) is 123 cm³/mol. The number of hydrogen-bond donors (Lipinski definition) is 0. The second kappa shape index (κ2) is 11.6. The average Bonchev–Trinajstić information content (AvgIpc) is 2.76. The Morgan fingerprint density at radius 1 is 0.871 bits per heavy atom. The molecule has 0 spiro atoms. The summed E-state index contributed by atoms with van der Waals surface area (Å²) in [6, 6.07) is 14.8. The standard InChI is InChI=1S/C24H34N2O4S/c1-21-6-12-24(13-7-21)31(27,28)30-20-4-19-29-23-10-8-22(9-11-23)5-3-14-26-17-15-25(2)16-18-26/h6-13H,3-5,14-20H2,1-2H3. The van der Waals surface area contributed by atoms with Crippen LogP contribution in [-0.2, 0) is 20.7 Å². The van der Waals surface area contributed by atoms with E-state index in [0.29, 0.717) is 13.0 Å². The molecule has 3 rings (SSSR count). The van der Waals surface area contributed by atoms with Crippen molar-refractivity contribution in [3.05, 3.63) is 59.7 Å². The Hall–Kier alpha value is -1.93. The van der Waals surface area contributed by atoms with Crippen LogP contribution in [0.15, 0.2) is 53.4 Å². The van der Waals surface area contributed by atoms with Gasteiger partial charge >= 0.3 is 0 Å². The Kier molecular flexibility index (Phi) is 8.90. The maximum Gasteiger partial charge on any atom is 0.296 e. The minimum absolute atomic E-state index is 0.0978. The SMILES string of the molecule is Cc1ccc(S(=O)(=O)OCCCOc2ccc(CCCN3CCN(C)CC3)cc2)cc1. The van der Waals surface area contributed by atoms with E-state index in [1.54, 1.807) is 24.3 Å². The molecule has 2 aromatic rings. The first-order chi connectivity index (χ1) is 14.9. The Morgan fingerprint density at radius 2 is 1.55 bits per heavy atom. The van der Waals surface area contributed by atoms with Gasteiger partial charge in [-0.25, -0.2) is 0 Å². The van der Waals surface area contributed by atoms with Crippen LogP contribution in [0.4, 0.5) is 0 Å². The Labute approximate surface area is 186 Å². The fourth-order valence-corrected chi connectivity index (χ4v) is 4.46. The molecule has 170 valence electrons. The molecule has 6 nitrogen and oxygen atoms in total. The van der Waals surface area contributed by atoms with E-state index in [4.69, 9.17) is 8.92 Å². The van der Waals surface area contributed by atoms with Crippen LogP contribution in [0.1, 0.15) is 24.0 Å². The molecule has 0 aliphatic carbocycles. The van der Waals surface area contributed by atoms with Crippen LogP contribution in [0.3, 0.4) is 0 Å². The van der Waals surface area contributed by atoms with E-state index in [1.165, 1.54) is 18.7 Å². The zero-order valence-corrected chi connectivity index (χ0v) is 19.4. The van der Waals surface area contributed by atoms with E-state index >= 15 is 0 Å². The van der Waals surface area contributed by atoms with Crippen LogP contribution < -0.4 is 4.74 Å². The highest BCUT2D eigenvalue weighted by Gasteiger charge is 2.14. The first-order valence-electron chi connectivity index (χ1n) is 11.0. The molecule has 2 aromatic carbocycles. The first-order valence-corrected chi connectivity index (χ1v) is 12.4. The molecule has 0 amide bonds. The number of benzene rings is 2. The second-order valence-corrected chi connectivity index (χ2v) is 9.80. The topological polar surface area (TPSA) is 59.1 Å². The number of piperazine rings is 1. The minimum atomic E-state index is -3.71. The summed E-state index contributed by atoms with van der Waals surface area (Å²) >= 11 is 0. The predicted octanol–water partition coefficient (Wildman–Crippen LogP) is 3.35. The maximum atomic E-state index is 12.1. The van der Waals surface area contributed by atoms with Gasteiger partial charge in [0.15, 0.2) is 0 Å². The van der Waals surface area contributed by atoms with Gasteiger partial charge < -0.3 is 14.5 Å². The quantitative estimate of drug-likeness (QED) is 0.390. The highest BCUT2D eigenvalue weighted by Crippen LogP contribution is 2.16. The van der Waals surface area contributed by atoms with Crippen molar-refractivity contribution in [2.45, 2.75) is 31.1 Å². The highest BCUT2D eigenvalue weighted by molar-refractivity contribution is 7.86. The van der Waals surface area contributed by atoms with Crippen molar-refractivity contribution in [2.24, 2.45) is 0 Å². The van der Waals surface area contributed by atoms with E-state index in [1.807, 2.05) is 19.1 Å². The third-order valence-corrected chi connectivity index (χ3v) is 6.89. The summed E-state index contributed by atoms with van der Waals surface area (Å²) in [5.74, 6) is 0.796. The molecule has 0 radical (unpaired) electrons. The largest absolute Gasteiger partial charge is 0.494 e. The summed E-state index contributed by atoms with van der Waals surface area (Å²) < 4.78 is 35.1. The number of nitrogens with zero attached hydrogens (tertiary/aromatic N) is 2. The fraction of sp³-hybridized carbons (Fsp3) is 0.500. The molecule has 0 atom stereocenters. The zero-order chi connectivity index (χ0) is 22.1. The lowest BCUT2D eigenvalue weighted by Gasteiger charge is -2.32. The van der Waals surface area contributed by atoms with Crippen molar-refractivity contribution >= 4 is 10.1 Å². The molecular formula is C24H34N2O4S. The molecule has 1 saturated heterocycles. The molecule has 0 unspecified atom stereocenters. The third kappa shape index (κ3) is 7.92. The van der Waals surface area contributed by atoms with Crippen LogP contribution in [0.5, 0.6) is 5.75 Å². The van der Waals surface area contributed by atoms with Gasteiger partial charge in [0, 0.05) is 32.6 Å². The van der Waals surface area contributed by atoms with Gasteiger partial charge in [0.05, 0.1) is 18.1 Å². The molecule has 31 heavy (non-hydrogen) atoms. The van der Waals surface area contributed by atoms with Crippen molar-refractivity contribution in [1.82, 2.24) is 9.80 Å². The van der Waals surface area contributed by atoms with Crippen LogP contribution in [0.2, 0.25) is 0 Å². The molecule has 0 N–H and O–H groups in total. The van der Waals surface area contributed by atoms with Crippen molar-refractivity contribution in [3.63, 3.8) is 0 Å². The monoisotopic (exact) mass is 446 g/mol. The van der Waals surface area contributed by atoms with Gasteiger partial charge in [-0.1, -0.05) is 29.8 Å². The number of ether oxygens (including phenoxy) is 1. The molecule has 0 aromatic heterocycles. The third-order valence-electron chi connectivity index (χ3n) is 5.56. The molecule has 1 heterocycles. The molecule has 1 aliphatic heterocycles. The lowest BCUT2D eigenvalue weighted by molar-refractivity contribution is 0.153. The molecule has 1 fully saturated rings. The highest BCUT2D eigenvalue weighted by atomic mass is 32.2. The van der Waals surface area contributed by atoms with Gasteiger partial charge in [0.1, 0.15) is 5.75 Å². The van der Waals surface area contributed by atoms with Gasteiger partial charge in [-0.3, -0.25) is 4.18 Å². The van der Waals surface area contributed by atoms with E-state index in [0.717, 1.165) is 43.8 Å². The summed E-state index contributed by atoms with van der Waals surface area (Å²) in [5.41, 5.74) is 2.32. The molecule has 7 heteroatoms. The van der Waals surface area contributed by atoms with Gasteiger partial charge in [-0.05, 0) is 63.2 Å².